The van der Waals surface area contributed by atoms with E-state index in [9.17, 15) is 23.9 Å². The summed E-state index contributed by atoms with van der Waals surface area (Å²) in [6, 6.07) is 11.6. The Balaban J connectivity index is 2.23. The molecule has 0 bridgehead atoms. The lowest BCUT2D eigenvalue weighted by Crippen LogP contribution is -2.32. The van der Waals surface area contributed by atoms with Crippen molar-refractivity contribution in [3.63, 3.8) is 0 Å². The average Bonchev–Trinajstić information content (AvgIpc) is 2.68. The first-order valence-corrected chi connectivity index (χ1v) is 8.47. The van der Waals surface area contributed by atoms with Crippen LogP contribution in [0.15, 0.2) is 48.5 Å². The van der Waals surface area contributed by atoms with Gasteiger partial charge >= 0.3 is 5.97 Å². The summed E-state index contributed by atoms with van der Waals surface area (Å²) in [4.78, 5) is 34.2. The number of halogens is 1. The summed E-state index contributed by atoms with van der Waals surface area (Å²) in [6.07, 6.45) is -0.985. The van der Waals surface area contributed by atoms with E-state index in [-0.39, 0.29) is 18.6 Å². The van der Waals surface area contributed by atoms with Crippen LogP contribution in [0.25, 0.3) is 0 Å². The topological polar surface area (TPSA) is 105 Å². The first-order chi connectivity index (χ1) is 13.4. The van der Waals surface area contributed by atoms with Crippen molar-refractivity contribution in [1.82, 2.24) is 5.32 Å². The van der Waals surface area contributed by atoms with Gasteiger partial charge in [-0.15, -0.1) is 0 Å². The molecular formula is C20H19FNO6-. The van der Waals surface area contributed by atoms with Crippen molar-refractivity contribution < 1.29 is 33.4 Å². The number of benzene rings is 2. The zero-order chi connectivity index (χ0) is 20.5. The largest absolute Gasteiger partial charge is 0.550 e. The minimum absolute atomic E-state index is 0.0810. The van der Waals surface area contributed by atoms with Gasteiger partial charge in [0.25, 0.3) is 0 Å². The van der Waals surface area contributed by atoms with Crippen molar-refractivity contribution >= 4 is 17.8 Å². The number of para-hydroxylation sites is 1. The Morgan fingerprint density at radius 2 is 1.82 bits per heavy atom. The van der Waals surface area contributed by atoms with Crippen LogP contribution in [0.1, 0.15) is 30.9 Å². The maximum absolute atomic E-state index is 14.1. The number of amides is 1. The molecule has 0 heterocycles. The molecule has 2 rings (SSSR count). The number of carboxylic acid groups (broad SMARTS) is 1. The summed E-state index contributed by atoms with van der Waals surface area (Å²) < 4.78 is 24.3. The van der Waals surface area contributed by atoms with Gasteiger partial charge in [0.2, 0.25) is 5.91 Å². The average molecular weight is 388 g/mol. The fraction of sp³-hybridized carbons (Fsp3) is 0.250. The quantitative estimate of drug-likeness (QED) is 0.658. The van der Waals surface area contributed by atoms with Gasteiger partial charge in [-0.05, 0) is 36.2 Å². The van der Waals surface area contributed by atoms with E-state index in [1.165, 1.54) is 19.2 Å². The van der Waals surface area contributed by atoms with E-state index in [2.05, 4.69) is 10.1 Å². The fourth-order valence-electron chi connectivity index (χ4n) is 2.41. The predicted octanol–water partition coefficient (Wildman–Crippen LogP) is 1.87. The molecule has 8 heteroatoms. The van der Waals surface area contributed by atoms with E-state index in [4.69, 9.17) is 4.74 Å². The molecule has 0 aliphatic rings. The Morgan fingerprint density at radius 3 is 2.46 bits per heavy atom. The Bertz CT molecular complexity index is 840. The molecule has 0 unspecified atom stereocenters. The maximum Gasteiger partial charge on any atom is 0.307 e. The molecule has 28 heavy (non-hydrogen) atoms. The molecule has 0 saturated carbocycles. The summed E-state index contributed by atoms with van der Waals surface area (Å²) in [5.41, 5.74) is 0.402. The molecule has 0 radical (unpaired) electrons. The Morgan fingerprint density at radius 1 is 1.11 bits per heavy atom. The van der Waals surface area contributed by atoms with E-state index >= 15 is 0 Å². The SMILES string of the molecule is COC(=O)C[C@@H](NC(=O)CCC(=O)[O-])c1ccc(F)c(Oc2ccccc2)c1. The van der Waals surface area contributed by atoms with Crippen LogP contribution in [0.3, 0.4) is 0 Å². The number of esters is 1. The number of methoxy groups -OCH3 is 1. The summed E-state index contributed by atoms with van der Waals surface area (Å²) >= 11 is 0. The standard InChI is InChI=1S/C20H20FNO6/c1-27-20(26)12-16(22-18(23)9-10-19(24)25)13-7-8-15(21)17(11-13)28-14-5-3-2-4-6-14/h2-8,11,16H,9-10,12H2,1H3,(H,22,23)(H,24,25)/p-1/t16-/m1/s1. The van der Waals surface area contributed by atoms with Gasteiger partial charge in [-0.25, -0.2) is 4.39 Å². The summed E-state index contributed by atoms with van der Waals surface area (Å²) in [5, 5.41) is 13.1. The third-order valence-electron chi connectivity index (χ3n) is 3.82. The molecule has 0 spiro atoms. The minimum Gasteiger partial charge on any atom is -0.550 e. The molecule has 7 nitrogen and oxygen atoms in total. The monoisotopic (exact) mass is 388 g/mol. The van der Waals surface area contributed by atoms with Crippen LogP contribution in [0, 0.1) is 5.82 Å². The van der Waals surface area contributed by atoms with Gasteiger partial charge in [0.15, 0.2) is 11.6 Å². The second-order valence-corrected chi connectivity index (χ2v) is 5.88. The molecule has 0 aromatic heterocycles. The van der Waals surface area contributed by atoms with Crippen molar-refractivity contribution in [3.05, 3.63) is 59.9 Å². The van der Waals surface area contributed by atoms with Gasteiger partial charge < -0.3 is 24.7 Å². The lowest BCUT2D eigenvalue weighted by atomic mass is 10.0. The predicted molar refractivity (Wildman–Crippen MR) is 94.7 cm³/mol. The van der Waals surface area contributed by atoms with Crippen molar-refractivity contribution in [1.29, 1.82) is 0 Å². The highest BCUT2D eigenvalue weighted by atomic mass is 19.1. The maximum atomic E-state index is 14.1. The zero-order valence-electron chi connectivity index (χ0n) is 15.1. The van der Waals surface area contributed by atoms with Crippen LogP contribution in [-0.2, 0) is 19.1 Å². The molecule has 0 aliphatic heterocycles. The Hall–Kier alpha value is -3.42. The van der Waals surface area contributed by atoms with Gasteiger partial charge in [0.05, 0.1) is 19.6 Å². The number of hydrogen-bond donors (Lipinski definition) is 1. The number of aliphatic carboxylic acids is 1. The molecule has 0 aliphatic carbocycles. The van der Waals surface area contributed by atoms with Crippen LogP contribution in [0.4, 0.5) is 4.39 Å². The highest BCUT2D eigenvalue weighted by Gasteiger charge is 2.21. The Kier molecular flexibility index (Phi) is 7.50. The van der Waals surface area contributed by atoms with Crippen molar-refractivity contribution in [2.45, 2.75) is 25.3 Å². The molecule has 1 atom stereocenters. The first-order valence-electron chi connectivity index (χ1n) is 8.47. The Labute approximate surface area is 161 Å². The first kappa shape index (κ1) is 20.9. The van der Waals surface area contributed by atoms with Crippen LogP contribution in [0.5, 0.6) is 11.5 Å². The number of carbonyl (C=O) groups excluding carboxylic acids is 3. The summed E-state index contributed by atoms with van der Waals surface area (Å²) in [6.45, 7) is 0. The molecule has 2 aromatic carbocycles. The van der Waals surface area contributed by atoms with Gasteiger partial charge in [-0.3, -0.25) is 9.59 Å². The van der Waals surface area contributed by atoms with Crippen molar-refractivity contribution in [2.75, 3.05) is 7.11 Å². The van der Waals surface area contributed by atoms with Crippen LogP contribution >= 0.6 is 0 Å². The van der Waals surface area contributed by atoms with E-state index in [1.807, 2.05) is 0 Å². The normalized spacial score (nSPS) is 11.4. The van der Waals surface area contributed by atoms with E-state index in [0.717, 1.165) is 6.07 Å². The number of rotatable bonds is 9. The summed E-state index contributed by atoms with van der Waals surface area (Å²) in [7, 11) is 1.20. The molecule has 1 N–H and O–H groups in total. The number of carboxylic acids is 1. The van der Waals surface area contributed by atoms with Gasteiger partial charge in [0.1, 0.15) is 5.75 Å². The smallest absolute Gasteiger partial charge is 0.307 e. The molecule has 2 aromatic rings. The lowest BCUT2D eigenvalue weighted by Gasteiger charge is -2.19. The second-order valence-electron chi connectivity index (χ2n) is 5.88. The zero-order valence-corrected chi connectivity index (χ0v) is 15.1. The minimum atomic E-state index is -1.36. The third kappa shape index (κ3) is 6.39. The van der Waals surface area contributed by atoms with Crippen LogP contribution < -0.4 is 15.2 Å². The van der Waals surface area contributed by atoms with Crippen molar-refractivity contribution in [2.24, 2.45) is 0 Å². The number of carbonyl (C=O) groups is 3. The van der Waals surface area contributed by atoms with Crippen LogP contribution in [0.2, 0.25) is 0 Å². The second kappa shape index (κ2) is 10.1. The van der Waals surface area contributed by atoms with E-state index in [0.29, 0.717) is 11.3 Å². The third-order valence-corrected chi connectivity index (χ3v) is 3.82. The van der Waals surface area contributed by atoms with E-state index in [1.54, 1.807) is 30.3 Å². The fourth-order valence-corrected chi connectivity index (χ4v) is 2.41. The number of nitrogens with one attached hydrogen (secondary N) is 1. The van der Waals surface area contributed by atoms with Crippen LogP contribution in [-0.4, -0.2) is 25.0 Å². The van der Waals surface area contributed by atoms with Crippen molar-refractivity contribution in [3.8, 4) is 11.5 Å². The summed E-state index contributed by atoms with van der Waals surface area (Å²) in [5.74, 6) is -2.83. The highest BCUT2D eigenvalue weighted by molar-refractivity contribution is 5.81. The number of ether oxygens (including phenoxy) is 2. The molecule has 148 valence electrons. The molecule has 0 fully saturated rings. The van der Waals surface area contributed by atoms with E-state index < -0.39 is 36.1 Å². The molecular weight excluding hydrogens is 369 g/mol. The number of hydrogen-bond acceptors (Lipinski definition) is 6. The molecule has 1 amide bonds. The highest BCUT2D eigenvalue weighted by Crippen LogP contribution is 2.29. The lowest BCUT2D eigenvalue weighted by molar-refractivity contribution is -0.305. The van der Waals surface area contributed by atoms with Gasteiger partial charge in [-0.2, -0.15) is 0 Å². The van der Waals surface area contributed by atoms with Gasteiger partial charge in [0, 0.05) is 12.4 Å². The molecule has 0 saturated heterocycles. The van der Waals surface area contributed by atoms with Gasteiger partial charge in [-0.1, -0.05) is 24.3 Å².